The second-order valence-corrected chi connectivity index (χ2v) is 11.3. The number of nitrogens with zero attached hydrogens (tertiary/aromatic N) is 2. The molecule has 1 aromatic carbocycles. The molecule has 2 aromatic rings. The molecule has 0 saturated heterocycles. The van der Waals surface area contributed by atoms with E-state index in [4.69, 9.17) is 5.26 Å². The molecule has 2 N–H and O–H groups in total. The van der Waals surface area contributed by atoms with Gasteiger partial charge in [-0.25, -0.2) is 8.42 Å². The Balaban J connectivity index is 1.53. The number of hydrogen-bond acceptors (Lipinski definition) is 7. The number of thioether (sulfide) groups is 1. The van der Waals surface area contributed by atoms with E-state index in [1.54, 1.807) is 36.7 Å². The zero-order chi connectivity index (χ0) is 24.4. The minimum absolute atomic E-state index is 0.0737. The van der Waals surface area contributed by atoms with Crippen LogP contribution in [0.15, 0.2) is 58.6 Å². The van der Waals surface area contributed by atoms with Gasteiger partial charge in [-0.3, -0.25) is 14.6 Å². The quantitative estimate of drug-likeness (QED) is 0.379. The lowest BCUT2D eigenvalue weighted by molar-refractivity contribution is -0.127. The maximum absolute atomic E-state index is 13.0. The summed E-state index contributed by atoms with van der Waals surface area (Å²) >= 11 is 1.33. The van der Waals surface area contributed by atoms with Crippen LogP contribution in [0.3, 0.4) is 0 Å². The molecule has 2 amide bonds. The van der Waals surface area contributed by atoms with Gasteiger partial charge in [0.15, 0.2) is 9.84 Å². The second-order valence-electron chi connectivity index (χ2n) is 8.20. The SMILES string of the molecule is N#CCNC(=O)[C@H]1CCCC[C@@H]1CS(=O)(=O)c1ccc(SCC(=O)NCc2ccncc2)cc1. The number of carbonyl (C=O) groups excluding carboxylic acids is 2. The summed E-state index contributed by atoms with van der Waals surface area (Å²) in [5, 5.41) is 14.1. The normalized spacial score (nSPS) is 18.0. The molecule has 1 aromatic heterocycles. The summed E-state index contributed by atoms with van der Waals surface area (Å²) in [6.45, 7) is 0.353. The van der Waals surface area contributed by atoms with Crippen LogP contribution in [0.4, 0.5) is 0 Å². The number of amides is 2. The number of benzene rings is 1. The van der Waals surface area contributed by atoms with Crippen LogP contribution in [0, 0.1) is 23.2 Å². The van der Waals surface area contributed by atoms with Crippen molar-refractivity contribution in [3.8, 4) is 6.07 Å². The number of nitriles is 1. The molecule has 1 aliphatic carbocycles. The van der Waals surface area contributed by atoms with Gasteiger partial charge in [-0.05, 0) is 60.7 Å². The lowest BCUT2D eigenvalue weighted by Gasteiger charge is -2.30. The van der Waals surface area contributed by atoms with Crippen LogP contribution in [0.2, 0.25) is 0 Å². The first-order valence-corrected chi connectivity index (χ1v) is 13.8. The lowest BCUT2D eigenvalue weighted by atomic mass is 9.80. The third kappa shape index (κ3) is 7.57. The molecule has 0 aliphatic heterocycles. The highest BCUT2D eigenvalue weighted by Gasteiger charge is 2.34. The van der Waals surface area contributed by atoms with Crippen LogP contribution in [-0.4, -0.2) is 43.3 Å². The Morgan fingerprint density at radius 3 is 2.47 bits per heavy atom. The van der Waals surface area contributed by atoms with Gasteiger partial charge < -0.3 is 10.6 Å². The molecule has 10 heteroatoms. The minimum Gasteiger partial charge on any atom is -0.351 e. The molecule has 3 rings (SSSR count). The van der Waals surface area contributed by atoms with Crippen LogP contribution in [0.25, 0.3) is 0 Å². The Morgan fingerprint density at radius 1 is 1.06 bits per heavy atom. The number of aromatic nitrogens is 1. The summed E-state index contributed by atoms with van der Waals surface area (Å²) in [4.78, 5) is 29.4. The fraction of sp³-hybridized carbons (Fsp3) is 0.417. The van der Waals surface area contributed by atoms with Crippen LogP contribution < -0.4 is 10.6 Å². The van der Waals surface area contributed by atoms with E-state index in [0.29, 0.717) is 19.4 Å². The van der Waals surface area contributed by atoms with Crippen molar-refractivity contribution in [2.24, 2.45) is 11.8 Å². The number of pyridine rings is 1. The van der Waals surface area contributed by atoms with E-state index >= 15 is 0 Å². The molecule has 34 heavy (non-hydrogen) atoms. The highest BCUT2D eigenvalue weighted by Crippen LogP contribution is 2.33. The first kappa shape index (κ1) is 25.7. The van der Waals surface area contributed by atoms with Crippen molar-refractivity contribution < 1.29 is 18.0 Å². The molecule has 1 saturated carbocycles. The second kappa shape index (κ2) is 12.5. The van der Waals surface area contributed by atoms with Crippen molar-refractivity contribution in [1.29, 1.82) is 5.26 Å². The summed E-state index contributed by atoms with van der Waals surface area (Å²) in [5.74, 6) is -0.889. The predicted molar refractivity (Wildman–Crippen MR) is 129 cm³/mol. The van der Waals surface area contributed by atoms with Gasteiger partial charge in [-0.15, -0.1) is 11.8 Å². The Bertz CT molecular complexity index is 1120. The van der Waals surface area contributed by atoms with E-state index in [0.717, 1.165) is 23.3 Å². The standard InChI is InChI=1S/C24H28N4O4S2/c25-11-14-27-24(30)22-4-2-1-3-19(22)17-34(31,32)21-7-5-20(6-8-21)33-16-23(29)28-15-18-9-12-26-13-10-18/h5-10,12-13,19,22H,1-4,14-17H2,(H,27,30)(H,28,29)/t19-,22+/m1/s1. The van der Waals surface area contributed by atoms with Crippen molar-refractivity contribution in [3.05, 3.63) is 54.4 Å². The highest BCUT2D eigenvalue weighted by molar-refractivity contribution is 8.00. The molecule has 0 spiro atoms. The van der Waals surface area contributed by atoms with Crippen LogP contribution in [0.5, 0.6) is 0 Å². The van der Waals surface area contributed by atoms with Gasteiger partial charge in [0.05, 0.1) is 22.5 Å². The summed E-state index contributed by atoms with van der Waals surface area (Å²) in [7, 11) is -3.57. The molecular weight excluding hydrogens is 472 g/mol. The summed E-state index contributed by atoms with van der Waals surface area (Å²) in [6, 6.07) is 12.1. The number of rotatable bonds is 10. The van der Waals surface area contributed by atoms with Gasteiger partial charge in [0.25, 0.3) is 0 Å². The van der Waals surface area contributed by atoms with Crippen LogP contribution in [0.1, 0.15) is 31.2 Å². The largest absolute Gasteiger partial charge is 0.351 e. The zero-order valence-corrected chi connectivity index (χ0v) is 20.4. The van der Waals surface area contributed by atoms with Crippen molar-refractivity contribution in [1.82, 2.24) is 15.6 Å². The van der Waals surface area contributed by atoms with E-state index in [1.807, 2.05) is 18.2 Å². The molecular formula is C24H28N4O4S2. The maximum Gasteiger partial charge on any atom is 0.230 e. The third-order valence-corrected chi connectivity index (χ3v) is 8.68. The number of carbonyl (C=O) groups is 2. The molecule has 2 atom stereocenters. The molecule has 1 heterocycles. The minimum atomic E-state index is -3.57. The summed E-state index contributed by atoms with van der Waals surface area (Å²) < 4.78 is 26.0. The predicted octanol–water partition coefficient (Wildman–Crippen LogP) is 2.71. The Labute approximate surface area is 204 Å². The van der Waals surface area contributed by atoms with Crippen molar-refractivity contribution >= 4 is 33.4 Å². The monoisotopic (exact) mass is 500 g/mol. The Hall–Kier alpha value is -2.90. The fourth-order valence-electron chi connectivity index (χ4n) is 4.03. The van der Waals surface area contributed by atoms with Crippen molar-refractivity contribution in [2.75, 3.05) is 18.1 Å². The van der Waals surface area contributed by atoms with E-state index in [2.05, 4.69) is 15.6 Å². The first-order valence-electron chi connectivity index (χ1n) is 11.1. The van der Waals surface area contributed by atoms with Crippen LogP contribution >= 0.6 is 11.8 Å². The Morgan fingerprint density at radius 2 is 1.76 bits per heavy atom. The van der Waals surface area contributed by atoms with E-state index in [1.165, 1.54) is 11.8 Å². The number of nitrogens with one attached hydrogen (secondary N) is 2. The summed E-state index contributed by atoms with van der Waals surface area (Å²) in [5.41, 5.74) is 0.964. The zero-order valence-electron chi connectivity index (χ0n) is 18.8. The van der Waals surface area contributed by atoms with Crippen LogP contribution in [-0.2, 0) is 26.0 Å². The van der Waals surface area contributed by atoms with Gasteiger partial charge in [0.2, 0.25) is 11.8 Å². The van der Waals surface area contributed by atoms with E-state index in [-0.39, 0.29) is 40.7 Å². The molecule has 180 valence electrons. The molecule has 8 nitrogen and oxygen atoms in total. The van der Waals surface area contributed by atoms with Crippen molar-refractivity contribution in [2.45, 2.75) is 42.0 Å². The van der Waals surface area contributed by atoms with Gasteiger partial charge in [-0.2, -0.15) is 5.26 Å². The highest BCUT2D eigenvalue weighted by atomic mass is 32.2. The van der Waals surface area contributed by atoms with Gasteiger partial charge in [0, 0.05) is 29.8 Å². The van der Waals surface area contributed by atoms with E-state index < -0.39 is 15.8 Å². The van der Waals surface area contributed by atoms with Crippen molar-refractivity contribution in [3.63, 3.8) is 0 Å². The average Bonchev–Trinajstić information content (AvgIpc) is 2.85. The van der Waals surface area contributed by atoms with Gasteiger partial charge in [-0.1, -0.05) is 12.8 Å². The Kier molecular flexibility index (Phi) is 9.48. The molecule has 0 unspecified atom stereocenters. The molecule has 1 fully saturated rings. The third-order valence-electron chi connectivity index (χ3n) is 5.81. The molecule has 1 aliphatic rings. The number of sulfone groups is 1. The van der Waals surface area contributed by atoms with Gasteiger partial charge >= 0.3 is 0 Å². The number of hydrogen-bond donors (Lipinski definition) is 2. The maximum atomic E-state index is 13.0. The summed E-state index contributed by atoms with van der Waals surface area (Å²) in [6.07, 6.45) is 6.42. The smallest absolute Gasteiger partial charge is 0.230 e. The van der Waals surface area contributed by atoms with E-state index in [9.17, 15) is 18.0 Å². The fourth-order valence-corrected chi connectivity index (χ4v) is 6.47. The van der Waals surface area contributed by atoms with Gasteiger partial charge in [0.1, 0.15) is 6.54 Å². The molecule has 0 radical (unpaired) electrons. The lowest BCUT2D eigenvalue weighted by Crippen LogP contribution is -2.39. The first-order chi connectivity index (χ1) is 16.4. The average molecular weight is 501 g/mol. The topological polar surface area (TPSA) is 129 Å². The molecule has 0 bridgehead atoms.